The highest BCUT2D eigenvalue weighted by atomic mass is 16.5. The second kappa shape index (κ2) is 7.23. The average Bonchev–Trinajstić information content (AvgIpc) is 3.07. The van der Waals surface area contributed by atoms with Crippen molar-refractivity contribution in [3.8, 4) is 5.75 Å². The van der Waals surface area contributed by atoms with Crippen molar-refractivity contribution in [2.75, 3.05) is 19.0 Å². The van der Waals surface area contributed by atoms with E-state index in [4.69, 9.17) is 4.74 Å². The number of benzene rings is 1. The van der Waals surface area contributed by atoms with E-state index in [1.54, 1.807) is 24.3 Å². The van der Waals surface area contributed by atoms with Gasteiger partial charge in [0.2, 0.25) is 5.91 Å². The van der Waals surface area contributed by atoms with Gasteiger partial charge in [0.05, 0.1) is 26.2 Å². The van der Waals surface area contributed by atoms with Gasteiger partial charge in [-0.05, 0) is 12.1 Å². The first kappa shape index (κ1) is 15.5. The van der Waals surface area contributed by atoms with Gasteiger partial charge in [0.15, 0.2) is 0 Å². The van der Waals surface area contributed by atoms with Gasteiger partial charge >= 0.3 is 0 Å². The zero-order chi connectivity index (χ0) is 15.9. The molecule has 1 aromatic carbocycles. The number of hydrogen-bond donors (Lipinski definition) is 4. The monoisotopic (exact) mass is 304 g/mol. The maximum Gasteiger partial charge on any atom is 0.270 e. The highest BCUT2D eigenvalue weighted by molar-refractivity contribution is 6.00. The van der Waals surface area contributed by atoms with Crippen LogP contribution in [0, 0.1) is 0 Å². The minimum absolute atomic E-state index is 0.202. The molecule has 2 rings (SSSR count). The number of aliphatic hydroxyl groups excluding tert-OH is 1. The molecule has 0 aliphatic rings. The average molecular weight is 304 g/mol. The summed E-state index contributed by atoms with van der Waals surface area (Å²) in [5.74, 6) is -0.485. The second-order valence-electron chi connectivity index (χ2n) is 4.40. The number of nitrogens with one attached hydrogen (secondary N) is 3. The molecule has 1 unspecified atom stereocenters. The molecule has 1 aromatic heterocycles. The fraction of sp³-hybridized carbons (Fsp3) is 0.214. The number of aromatic amines is 1. The fourth-order valence-electron chi connectivity index (χ4n) is 1.74. The molecule has 22 heavy (non-hydrogen) atoms. The van der Waals surface area contributed by atoms with Gasteiger partial charge in [-0.1, -0.05) is 6.07 Å². The van der Waals surface area contributed by atoms with Crippen molar-refractivity contribution in [3.63, 3.8) is 0 Å². The lowest BCUT2D eigenvalue weighted by molar-refractivity contribution is -0.118. The van der Waals surface area contributed by atoms with Gasteiger partial charge in [-0.3, -0.25) is 9.59 Å². The van der Waals surface area contributed by atoms with Crippen LogP contribution in [0.15, 0.2) is 36.8 Å². The first-order chi connectivity index (χ1) is 10.6. The number of amides is 2. The zero-order valence-corrected chi connectivity index (χ0v) is 11.9. The lowest BCUT2D eigenvalue weighted by atomic mass is 10.2. The van der Waals surface area contributed by atoms with Crippen LogP contribution in [-0.2, 0) is 4.79 Å². The van der Waals surface area contributed by atoms with E-state index in [0.717, 1.165) is 0 Å². The molecule has 1 heterocycles. The quantitative estimate of drug-likeness (QED) is 0.606. The Kier molecular flexibility index (Phi) is 5.10. The Bertz CT molecular complexity index is 642. The predicted octanol–water partition coefficient (Wildman–Crippen LogP) is 0.148. The number of aromatic nitrogens is 2. The van der Waals surface area contributed by atoms with Crippen molar-refractivity contribution in [2.24, 2.45) is 0 Å². The summed E-state index contributed by atoms with van der Waals surface area (Å²) in [6.45, 7) is -0.532. The standard InChI is InChI=1S/C14H16N4O4/c1-22-10-4-2-3-9(5-10)17-14(21)12(7-19)18-13(20)11-6-15-8-16-11/h2-6,8,12,19H,7H2,1H3,(H,15,16)(H,17,21)(H,18,20). The Morgan fingerprint density at radius 1 is 1.45 bits per heavy atom. The topological polar surface area (TPSA) is 116 Å². The summed E-state index contributed by atoms with van der Waals surface area (Å²) in [6, 6.07) is 5.67. The Labute approximate surface area is 126 Å². The lowest BCUT2D eigenvalue weighted by Crippen LogP contribution is -2.46. The number of H-pyrrole nitrogens is 1. The largest absolute Gasteiger partial charge is 0.497 e. The van der Waals surface area contributed by atoms with E-state index in [9.17, 15) is 14.7 Å². The van der Waals surface area contributed by atoms with Gasteiger partial charge in [0.25, 0.3) is 5.91 Å². The van der Waals surface area contributed by atoms with Crippen molar-refractivity contribution in [1.82, 2.24) is 15.3 Å². The number of carbonyl (C=O) groups excluding carboxylic acids is 2. The fourth-order valence-corrected chi connectivity index (χ4v) is 1.74. The van der Waals surface area contributed by atoms with E-state index in [1.165, 1.54) is 19.6 Å². The van der Waals surface area contributed by atoms with E-state index < -0.39 is 24.5 Å². The summed E-state index contributed by atoms with van der Waals surface area (Å²) >= 11 is 0. The number of aliphatic hydroxyl groups is 1. The van der Waals surface area contributed by atoms with Crippen LogP contribution in [0.4, 0.5) is 5.69 Å². The molecule has 0 bridgehead atoms. The van der Waals surface area contributed by atoms with Gasteiger partial charge in [0.1, 0.15) is 17.5 Å². The number of hydrogen-bond acceptors (Lipinski definition) is 5. The molecule has 0 radical (unpaired) electrons. The summed E-state index contributed by atoms with van der Waals surface area (Å²) in [7, 11) is 1.52. The van der Waals surface area contributed by atoms with E-state index in [-0.39, 0.29) is 5.69 Å². The van der Waals surface area contributed by atoms with E-state index in [2.05, 4.69) is 20.6 Å². The molecule has 0 aliphatic carbocycles. The molecule has 116 valence electrons. The highest BCUT2D eigenvalue weighted by Crippen LogP contribution is 2.16. The summed E-state index contributed by atoms with van der Waals surface area (Å²) in [5, 5.41) is 14.3. The van der Waals surface area contributed by atoms with Crippen LogP contribution < -0.4 is 15.4 Å². The molecule has 2 aromatic rings. The molecule has 0 spiro atoms. The van der Waals surface area contributed by atoms with Crippen molar-refractivity contribution >= 4 is 17.5 Å². The Balaban J connectivity index is 2.00. The van der Waals surface area contributed by atoms with E-state index >= 15 is 0 Å². The van der Waals surface area contributed by atoms with Crippen LogP contribution in [0.3, 0.4) is 0 Å². The van der Waals surface area contributed by atoms with Crippen LogP contribution in [0.1, 0.15) is 10.5 Å². The third-order valence-corrected chi connectivity index (χ3v) is 2.88. The number of methoxy groups -OCH3 is 1. The number of carbonyl (C=O) groups is 2. The summed E-state index contributed by atoms with van der Waals surface area (Å²) in [5.41, 5.74) is 0.700. The SMILES string of the molecule is COc1cccc(NC(=O)C(CO)NC(=O)c2cnc[nH]2)c1. The summed E-state index contributed by atoms with van der Waals surface area (Å²) < 4.78 is 5.06. The smallest absolute Gasteiger partial charge is 0.270 e. The predicted molar refractivity (Wildman–Crippen MR) is 78.6 cm³/mol. The molecule has 8 heteroatoms. The first-order valence-electron chi connectivity index (χ1n) is 6.49. The molecular weight excluding hydrogens is 288 g/mol. The second-order valence-corrected chi connectivity index (χ2v) is 4.40. The lowest BCUT2D eigenvalue weighted by Gasteiger charge is -2.16. The van der Waals surface area contributed by atoms with E-state index in [0.29, 0.717) is 11.4 Å². The van der Waals surface area contributed by atoms with Gasteiger partial charge in [0, 0.05) is 11.8 Å². The molecule has 1 atom stereocenters. The maximum absolute atomic E-state index is 12.1. The Morgan fingerprint density at radius 3 is 2.91 bits per heavy atom. The zero-order valence-electron chi connectivity index (χ0n) is 11.9. The molecule has 4 N–H and O–H groups in total. The number of imidazole rings is 1. The van der Waals surface area contributed by atoms with Crippen molar-refractivity contribution in [3.05, 3.63) is 42.5 Å². The van der Waals surface area contributed by atoms with Gasteiger partial charge in [-0.15, -0.1) is 0 Å². The molecular formula is C14H16N4O4. The molecule has 0 saturated carbocycles. The molecule has 0 fully saturated rings. The van der Waals surface area contributed by atoms with Gasteiger partial charge < -0.3 is 25.5 Å². The third kappa shape index (κ3) is 3.83. The van der Waals surface area contributed by atoms with Crippen LogP contribution in [0.2, 0.25) is 0 Å². The third-order valence-electron chi connectivity index (χ3n) is 2.88. The minimum atomic E-state index is -1.08. The Morgan fingerprint density at radius 2 is 2.27 bits per heavy atom. The molecule has 0 saturated heterocycles. The minimum Gasteiger partial charge on any atom is -0.497 e. The normalized spacial score (nSPS) is 11.5. The highest BCUT2D eigenvalue weighted by Gasteiger charge is 2.21. The van der Waals surface area contributed by atoms with Crippen molar-refractivity contribution in [2.45, 2.75) is 6.04 Å². The number of rotatable bonds is 6. The summed E-state index contributed by atoms with van der Waals surface area (Å²) in [6.07, 6.45) is 2.67. The number of anilines is 1. The maximum atomic E-state index is 12.1. The van der Waals surface area contributed by atoms with Crippen molar-refractivity contribution < 1.29 is 19.4 Å². The molecule has 8 nitrogen and oxygen atoms in total. The van der Waals surface area contributed by atoms with Crippen molar-refractivity contribution in [1.29, 1.82) is 0 Å². The van der Waals surface area contributed by atoms with Crippen LogP contribution in [-0.4, -0.2) is 46.6 Å². The number of nitrogens with zero attached hydrogens (tertiary/aromatic N) is 1. The van der Waals surface area contributed by atoms with Crippen LogP contribution in [0.5, 0.6) is 5.75 Å². The Hall–Kier alpha value is -2.87. The van der Waals surface area contributed by atoms with E-state index in [1.807, 2.05) is 0 Å². The molecule has 0 aliphatic heterocycles. The summed E-state index contributed by atoms with van der Waals surface area (Å²) in [4.78, 5) is 30.3. The van der Waals surface area contributed by atoms with Gasteiger partial charge in [-0.25, -0.2) is 4.98 Å². The first-order valence-corrected chi connectivity index (χ1v) is 6.49. The van der Waals surface area contributed by atoms with Crippen LogP contribution >= 0.6 is 0 Å². The molecule has 2 amide bonds. The number of ether oxygens (including phenoxy) is 1. The van der Waals surface area contributed by atoms with Gasteiger partial charge in [-0.2, -0.15) is 0 Å². The van der Waals surface area contributed by atoms with Crippen LogP contribution in [0.25, 0.3) is 0 Å².